The molecular weight excluding hydrogens is 423 g/mol. The molecule has 25 heavy (non-hydrogen) atoms. The van der Waals surface area contributed by atoms with Gasteiger partial charge < -0.3 is 4.55 Å². The zero-order chi connectivity index (χ0) is 19.0. The molecule has 0 radical (unpaired) electrons. The number of pyridine rings is 1. The van der Waals surface area contributed by atoms with Gasteiger partial charge >= 0.3 is 5.51 Å². The summed E-state index contributed by atoms with van der Waals surface area (Å²) in [7, 11) is -3.97. The second-order valence-electron chi connectivity index (χ2n) is 5.26. The monoisotopic (exact) mass is 435 g/mol. The summed E-state index contributed by atoms with van der Waals surface area (Å²) < 4.78 is 62.3. The molecule has 134 valence electrons. The van der Waals surface area contributed by atoms with Gasteiger partial charge in [0.15, 0.2) is 10.1 Å². The lowest BCUT2D eigenvalue weighted by Crippen LogP contribution is -2.30. The maximum absolute atomic E-state index is 10.7. The molecule has 0 N–H and O–H groups in total. The molecular formula is C16H13BrF3NO3S. The van der Waals surface area contributed by atoms with E-state index in [9.17, 15) is 13.2 Å². The van der Waals surface area contributed by atoms with E-state index in [1.807, 2.05) is 0 Å². The SMILES string of the molecule is Cc1c2ccccc2[n+](C)c2ccc(Br)cc12.O=S(=O)([O-])C(F)(F)F. The highest BCUT2D eigenvalue weighted by atomic mass is 79.9. The fourth-order valence-corrected chi connectivity index (χ4v) is 2.82. The second kappa shape index (κ2) is 6.89. The number of rotatable bonds is 0. The third kappa shape index (κ3) is 4.10. The fourth-order valence-electron chi connectivity index (χ4n) is 2.46. The summed E-state index contributed by atoms with van der Waals surface area (Å²) in [6, 6.07) is 15.0. The smallest absolute Gasteiger partial charge is 0.485 e. The molecule has 1 heterocycles. The third-order valence-corrected chi connectivity index (χ3v) is 4.74. The van der Waals surface area contributed by atoms with Gasteiger partial charge in [0.2, 0.25) is 11.0 Å². The Morgan fingerprint density at radius 3 is 2.12 bits per heavy atom. The lowest BCUT2D eigenvalue weighted by molar-refractivity contribution is -0.617. The second-order valence-corrected chi connectivity index (χ2v) is 7.55. The highest BCUT2D eigenvalue weighted by molar-refractivity contribution is 9.10. The molecule has 3 aromatic rings. The number of aromatic nitrogens is 1. The molecule has 0 aliphatic heterocycles. The van der Waals surface area contributed by atoms with Gasteiger partial charge in [-0.2, -0.15) is 17.7 Å². The molecule has 0 aliphatic rings. The molecule has 2 aromatic carbocycles. The Morgan fingerprint density at radius 2 is 1.56 bits per heavy atom. The highest BCUT2D eigenvalue weighted by Gasteiger charge is 2.36. The number of halogens is 4. The van der Waals surface area contributed by atoms with E-state index in [0.717, 1.165) is 4.47 Å². The Morgan fingerprint density at radius 1 is 1.04 bits per heavy atom. The van der Waals surface area contributed by atoms with Crippen molar-refractivity contribution in [2.45, 2.75) is 12.4 Å². The van der Waals surface area contributed by atoms with Crippen LogP contribution in [0.5, 0.6) is 0 Å². The summed E-state index contributed by atoms with van der Waals surface area (Å²) in [6.07, 6.45) is 0. The number of alkyl halides is 3. The molecule has 0 aliphatic carbocycles. The molecule has 9 heteroatoms. The Labute approximate surface area is 150 Å². The van der Waals surface area contributed by atoms with Crippen molar-refractivity contribution in [3.63, 3.8) is 0 Å². The van der Waals surface area contributed by atoms with Crippen molar-refractivity contribution in [3.8, 4) is 0 Å². The van der Waals surface area contributed by atoms with Crippen molar-refractivity contribution in [1.29, 1.82) is 0 Å². The average Bonchev–Trinajstić information content (AvgIpc) is 2.51. The minimum Gasteiger partial charge on any atom is -0.741 e. The summed E-state index contributed by atoms with van der Waals surface area (Å²) in [4.78, 5) is 0. The number of para-hydroxylation sites is 1. The number of nitrogens with zero attached hydrogens (tertiary/aromatic N) is 1. The van der Waals surface area contributed by atoms with E-state index in [1.54, 1.807) is 0 Å². The number of aryl methyl sites for hydroxylation is 2. The third-order valence-electron chi connectivity index (χ3n) is 3.68. The first kappa shape index (κ1) is 19.6. The van der Waals surface area contributed by atoms with Gasteiger partial charge in [0.25, 0.3) is 0 Å². The zero-order valence-electron chi connectivity index (χ0n) is 13.1. The normalized spacial score (nSPS) is 12.1. The van der Waals surface area contributed by atoms with Crippen molar-refractivity contribution in [1.82, 2.24) is 0 Å². The van der Waals surface area contributed by atoms with Crippen molar-refractivity contribution in [2.75, 3.05) is 0 Å². The molecule has 1 aromatic heterocycles. The fraction of sp³-hybridized carbons (Fsp3) is 0.188. The summed E-state index contributed by atoms with van der Waals surface area (Å²) in [6.45, 7) is 2.19. The maximum Gasteiger partial charge on any atom is 0.485 e. The number of benzene rings is 2. The van der Waals surface area contributed by atoms with Crippen LogP contribution in [0.1, 0.15) is 5.56 Å². The van der Waals surface area contributed by atoms with E-state index in [-0.39, 0.29) is 0 Å². The lowest BCUT2D eigenvalue weighted by Gasteiger charge is -2.08. The van der Waals surface area contributed by atoms with Crippen LogP contribution in [0.25, 0.3) is 21.8 Å². The molecule has 4 nitrogen and oxygen atoms in total. The van der Waals surface area contributed by atoms with Gasteiger partial charge in [-0.15, -0.1) is 0 Å². The number of fused-ring (bicyclic) bond motifs is 2. The van der Waals surface area contributed by atoms with Gasteiger partial charge in [0.1, 0.15) is 7.05 Å². The Bertz CT molecular complexity index is 1050. The van der Waals surface area contributed by atoms with Crippen molar-refractivity contribution in [3.05, 3.63) is 52.5 Å². The topological polar surface area (TPSA) is 61.1 Å². The predicted molar refractivity (Wildman–Crippen MR) is 90.8 cm³/mol. The lowest BCUT2D eigenvalue weighted by atomic mass is 10.0. The van der Waals surface area contributed by atoms with E-state index >= 15 is 0 Å². The van der Waals surface area contributed by atoms with Crippen LogP contribution in [0.15, 0.2) is 46.9 Å². The maximum atomic E-state index is 10.7. The highest BCUT2D eigenvalue weighted by Crippen LogP contribution is 2.26. The Balaban J connectivity index is 0.000000242. The van der Waals surface area contributed by atoms with Gasteiger partial charge in [0.05, 0.1) is 5.39 Å². The molecule has 0 amide bonds. The van der Waals surface area contributed by atoms with Gasteiger partial charge in [-0.05, 0) is 30.7 Å². The quantitative estimate of drug-likeness (QED) is 0.232. The van der Waals surface area contributed by atoms with Gasteiger partial charge in [-0.25, -0.2) is 8.42 Å². The predicted octanol–water partition coefficient (Wildman–Crippen LogP) is 3.94. The van der Waals surface area contributed by atoms with Crippen LogP contribution < -0.4 is 4.57 Å². The van der Waals surface area contributed by atoms with E-state index in [2.05, 4.69) is 76.9 Å². The minimum atomic E-state index is -6.09. The zero-order valence-corrected chi connectivity index (χ0v) is 15.5. The molecule has 0 saturated heterocycles. The van der Waals surface area contributed by atoms with E-state index in [4.69, 9.17) is 13.0 Å². The number of hydrogen-bond acceptors (Lipinski definition) is 3. The van der Waals surface area contributed by atoms with Crippen LogP contribution in [0, 0.1) is 6.92 Å². The molecule has 0 saturated carbocycles. The van der Waals surface area contributed by atoms with Gasteiger partial charge in [-0.3, -0.25) is 0 Å². The first-order valence-corrected chi connectivity index (χ1v) is 9.12. The average molecular weight is 436 g/mol. The molecule has 0 bridgehead atoms. The van der Waals surface area contributed by atoms with E-state index in [0.29, 0.717) is 0 Å². The van der Waals surface area contributed by atoms with Crippen LogP contribution in [-0.2, 0) is 17.2 Å². The summed E-state index contributed by atoms with van der Waals surface area (Å²) in [5, 5.41) is 2.63. The van der Waals surface area contributed by atoms with Gasteiger partial charge in [-0.1, -0.05) is 28.1 Å². The van der Waals surface area contributed by atoms with Crippen molar-refractivity contribution in [2.24, 2.45) is 7.05 Å². The van der Waals surface area contributed by atoms with Crippen molar-refractivity contribution >= 4 is 47.9 Å². The van der Waals surface area contributed by atoms with Gasteiger partial charge in [0, 0.05) is 22.0 Å². The molecule has 0 atom stereocenters. The van der Waals surface area contributed by atoms with Crippen LogP contribution in [0.3, 0.4) is 0 Å². The van der Waals surface area contributed by atoms with Crippen LogP contribution >= 0.6 is 15.9 Å². The van der Waals surface area contributed by atoms with Crippen molar-refractivity contribution < 1.29 is 30.7 Å². The first-order chi connectivity index (χ1) is 11.4. The molecule has 0 fully saturated rings. The summed E-state index contributed by atoms with van der Waals surface area (Å²) in [5.74, 6) is 0. The van der Waals surface area contributed by atoms with E-state index in [1.165, 1.54) is 27.4 Å². The van der Waals surface area contributed by atoms with Crippen LogP contribution in [-0.4, -0.2) is 18.5 Å². The Kier molecular flexibility index (Phi) is 5.41. The standard InChI is InChI=1S/C15H13BrN.CHF3O3S/c1-10-12-5-3-4-6-14(12)17(2)15-8-7-11(16)9-13(10)15;2-1(3,4)8(5,6)7/h3-9H,1-2H3;(H,5,6,7)/q+1;/p-1. The molecule has 0 spiro atoms. The molecule has 0 unspecified atom stereocenters. The number of hydrogen-bond donors (Lipinski definition) is 0. The van der Waals surface area contributed by atoms with Crippen LogP contribution in [0.4, 0.5) is 13.2 Å². The largest absolute Gasteiger partial charge is 0.741 e. The molecule has 3 rings (SSSR count). The van der Waals surface area contributed by atoms with Crippen LogP contribution in [0.2, 0.25) is 0 Å². The minimum absolute atomic E-state index is 1.13. The summed E-state index contributed by atoms with van der Waals surface area (Å²) >= 11 is 3.55. The summed E-state index contributed by atoms with van der Waals surface area (Å²) in [5.41, 5.74) is -1.76. The first-order valence-electron chi connectivity index (χ1n) is 6.92. The Hall–Kier alpha value is -1.71. The van der Waals surface area contributed by atoms with E-state index < -0.39 is 15.6 Å².